The summed E-state index contributed by atoms with van der Waals surface area (Å²) in [5.74, 6) is -3.36. The van der Waals surface area contributed by atoms with Gasteiger partial charge < -0.3 is 66.2 Å². The Hall–Kier alpha value is -7.99. The van der Waals surface area contributed by atoms with Crippen molar-refractivity contribution in [2.24, 2.45) is 11.3 Å². The number of carbonyl (C=O) groups is 5. The Morgan fingerprint density at radius 2 is 1.75 bits per heavy atom. The second-order valence-corrected chi connectivity index (χ2v) is 27.2. The standard InChI is InChI=1S/C64H79N13O13S2/c1-7-60(86,8-2)29-35-30-63(57(84)89-6,48-40(19-22-66-31-35)39-13-10-11-14-43(39)70-48)42-27-41-45(28-46(42)88-5)76(4)54-62(41)21-24-77-23-12-20-61(9-3,53(62)77)55(82)64(54,87)56(83)74-75-59(85)90-25-26-91-92-34-44(52(80)81)71-50(78)36-15-17-37(18-16-36)67-32-38-33-68-49-47(69-38)51(79)73-58(65)72-49/h10-18,20,27-28,33,35,44,53-55,66-67,70,82,86-87H,7-9,19,21-26,29-32,34H2,1-6H3,(H,71,78)(H,74,83)(H,75,85)(H,80,81)(H3,65,68,72,73,79)/t35-,44+,53+,54-,55-,61-,62-,63+,64+/m1/s1. The summed E-state index contributed by atoms with van der Waals surface area (Å²) in [6, 6.07) is 15.2. The van der Waals surface area contributed by atoms with Crippen molar-refractivity contribution in [1.82, 2.24) is 51.3 Å². The number of carbonyl (C=O) groups excluding carboxylic acids is 4. The number of hydrazine groups is 1. The molecule has 1 spiro atoms. The first-order valence-electron chi connectivity index (χ1n) is 30.9. The van der Waals surface area contributed by atoms with Crippen molar-refractivity contribution in [2.45, 2.75) is 119 Å². The number of likely N-dealkylation sites (N-methyl/N-ethyl adjacent to an activating group) is 1. The number of amides is 3. The zero-order valence-electron chi connectivity index (χ0n) is 52.1. The maximum Gasteiger partial charge on any atom is 0.426 e. The average Bonchev–Trinajstić information content (AvgIpc) is 1.45. The fourth-order valence-electron chi connectivity index (χ4n) is 15.5. The van der Waals surface area contributed by atoms with E-state index < -0.39 is 87.1 Å². The van der Waals surface area contributed by atoms with Crippen LogP contribution in [-0.4, -0.2) is 181 Å². The van der Waals surface area contributed by atoms with Gasteiger partial charge in [0.2, 0.25) is 5.95 Å². The van der Waals surface area contributed by atoms with Crippen molar-refractivity contribution in [1.29, 1.82) is 0 Å². The number of nitrogens with two attached hydrogens (primary N) is 1. The summed E-state index contributed by atoms with van der Waals surface area (Å²) in [5, 5.41) is 58.9. The molecule has 3 amide bonds. The minimum absolute atomic E-state index is 0.0317. The number of aliphatic hydroxyl groups excluding tert-OH is 1. The zero-order chi connectivity index (χ0) is 65.5. The van der Waals surface area contributed by atoms with Gasteiger partial charge in [-0.25, -0.2) is 25.0 Å². The summed E-state index contributed by atoms with van der Waals surface area (Å²) in [5.41, 5.74) is 7.89. The lowest BCUT2D eigenvalue weighted by atomic mass is 9.47. The predicted octanol–water partition coefficient (Wildman–Crippen LogP) is 4.17. The number of H-pyrrole nitrogens is 2. The lowest BCUT2D eigenvalue weighted by Gasteiger charge is -2.63. The molecule has 1 aliphatic carbocycles. The topological polar surface area (TPSA) is 374 Å². The number of aliphatic hydroxyl groups is 3. The maximum atomic E-state index is 15.6. The van der Waals surface area contributed by atoms with Gasteiger partial charge in [-0.05, 0) is 118 Å². The Labute approximate surface area is 538 Å². The molecule has 0 radical (unpaired) electrons. The number of carboxylic acid groups (broad SMARTS) is 1. The van der Waals surface area contributed by atoms with Gasteiger partial charge in [-0.3, -0.25) is 34.5 Å². The summed E-state index contributed by atoms with van der Waals surface area (Å²) in [4.78, 5) is 105. The first-order chi connectivity index (χ1) is 44.2. The highest BCUT2D eigenvalue weighted by Crippen LogP contribution is 2.67. The van der Waals surface area contributed by atoms with Gasteiger partial charge in [0, 0.05) is 87.1 Å². The number of aromatic nitrogens is 5. The second kappa shape index (κ2) is 26.2. The lowest BCUT2D eigenvalue weighted by molar-refractivity contribution is -0.204. The fraction of sp³-hybridized carbons (Fsp3) is 0.484. The number of ether oxygens (including phenoxy) is 3. The fourth-order valence-corrected chi connectivity index (χ4v) is 17.5. The van der Waals surface area contributed by atoms with E-state index in [0.29, 0.717) is 98.8 Å². The number of nitrogens with zero attached hydrogens (tertiary/aromatic N) is 5. The molecule has 490 valence electrons. The Morgan fingerprint density at radius 3 is 2.48 bits per heavy atom. The third-order valence-corrected chi connectivity index (χ3v) is 22.2. The molecule has 2 fully saturated rings. The van der Waals surface area contributed by atoms with Crippen LogP contribution in [0, 0.1) is 11.3 Å². The highest BCUT2D eigenvalue weighted by Gasteiger charge is 2.79. The van der Waals surface area contributed by atoms with E-state index in [0.717, 1.165) is 32.8 Å². The predicted molar refractivity (Wildman–Crippen MR) is 348 cm³/mol. The number of nitrogens with one attached hydrogen (secondary N) is 7. The molecular formula is C64H79N13O13S2. The van der Waals surface area contributed by atoms with Crippen LogP contribution in [-0.2, 0) is 47.7 Å². The van der Waals surface area contributed by atoms with E-state index in [1.54, 1.807) is 26.3 Å². The molecule has 9 atom stereocenters. The first kappa shape index (κ1) is 65.5. The zero-order valence-corrected chi connectivity index (χ0v) is 53.7. The number of esters is 1. The third kappa shape index (κ3) is 11.3. The van der Waals surface area contributed by atoms with Crippen LogP contribution in [0.3, 0.4) is 0 Å². The highest BCUT2D eigenvalue weighted by molar-refractivity contribution is 8.76. The van der Waals surface area contributed by atoms with E-state index in [1.807, 2.05) is 74.2 Å². The van der Waals surface area contributed by atoms with Crippen molar-refractivity contribution in [3.63, 3.8) is 0 Å². The Bertz CT molecular complexity index is 3910. The molecule has 0 bridgehead atoms. The van der Waals surface area contributed by atoms with Gasteiger partial charge in [0.05, 0.1) is 44.3 Å². The number of nitrogen functional groups attached to an aromatic ring is 1. The number of rotatable bonds is 21. The van der Waals surface area contributed by atoms with Gasteiger partial charge >= 0.3 is 18.0 Å². The second-order valence-electron chi connectivity index (χ2n) is 24.5. The van der Waals surface area contributed by atoms with Crippen molar-refractivity contribution < 1.29 is 58.6 Å². The summed E-state index contributed by atoms with van der Waals surface area (Å²) >= 11 is 0. The molecular weight excluding hydrogens is 1220 g/mol. The molecule has 11 rings (SSSR count). The number of hydrogen-bond donors (Lipinski definition) is 12. The highest BCUT2D eigenvalue weighted by atomic mass is 33.1. The quantitative estimate of drug-likeness (QED) is 0.0158. The van der Waals surface area contributed by atoms with Crippen LogP contribution >= 0.6 is 21.6 Å². The molecule has 7 heterocycles. The number of para-hydroxylation sites is 1. The van der Waals surface area contributed by atoms with Crippen LogP contribution in [0.4, 0.5) is 22.1 Å². The number of fused-ring (bicyclic) bond motifs is 5. The number of methoxy groups -OCH3 is 2. The molecule has 3 aromatic heterocycles. The largest absolute Gasteiger partial charge is 0.496 e. The van der Waals surface area contributed by atoms with Crippen molar-refractivity contribution in [3.8, 4) is 5.75 Å². The Kier molecular flexibility index (Phi) is 18.6. The minimum atomic E-state index is -2.62. The lowest BCUT2D eigenvalue weighted by Crippen LogP contribution is -2.82. The van der Waals surface area contributed by atoms with E-state index in [9.17, 15) is 39.6 Å². The van der Waals surface area contributed by atoms with Crippen LogP contribution in [0.2, 0.25) is 0 Å². The number of aliphatic carboxylic acids is 1. The van der Waals surface area contributed by atoms with E-state index in [4.69, 9.17) is 19.9 Å². The van der Waals surface area contributed by atoms with Crippen LogP contribution in [0.5, 0.6) is 5.75 Å². The van der Waals surface area contributed by atoms with Gasteiger partial charge in [-0.2, -0.15) is 4.98 Å². The molecule has 5 aliphatic rings. The van der Waals surface area contributed by atoms with Crippen molar-refractivity contribution >= 4 is 90.8 Å². The Morgan fingerprint density at radius 1 is 0.978 bits per heavy atom. The monoisotopic (exact) mass is 1300 g/mol. The summed E-state index contributed by atoms with van der Waals surface area (Å²) < 4.78 is 17.8. The molecule has 1 saturated carbocycles. The van der Waals surface area contributed by atoms with E-state index in [1.165, 1.54) is 36.2 Å². The van der Waals surface area contributed by atoms with Crippen LogP contribution < -0.4 is 47.7 Å². The van der Waals surface area contributed by atoms with E-state index in [2.05, 4.69) is 56.6 Å². The Balaban J connectivity index is 0.793. The molecule has 1 saturated heterocycles. The first-order valence-corrected chi connectivity index (χ1v) is 33.4. The number of aromatic amines is 2. The number of hydrogen-bond acceptors (Lipinski definition) is 22. The number of benzene rings is 3. The summed E-state index contributed by atoms with van der Waals surface area (Å²) in [7, 11) is 7.01. The molecule has 13 N–H and O–H groups in total. The molecule has 28 heteroatoms. The maximum absolute atomic E-state index is 15.6. The molecule has 6 aromatic rings. The van der Waals surface area contributed by atoms with Gasteiger partial charge in [0.1, 0.15) is 29.9 Å². The van der Waals surface area contributed by atoms with E-state index >= 15 is 9.59 Å². The molecule has 3 aromatic carbocycles. The van der Waals surface area contributed by atoms with Crippen molar-refractivity contribution in [3.05, 3.63) is 123 Å². The molecule has 92 heavy (non-hydrogen) atoms. The number of carboxylic acids is 1. The normalized spacial score (nSPS) is 25.2. The average molecular weight is 1300 g/mol. The van der Waals surface area contributed by atoms with Gasteiger partial charge in [-0.15, -0.1) is 0 Å². The molecule has 26 nitrogen and oxygen atoms in total. The summed E-state index contributed by atoms with van der Waals surface area (Å²) in [6.45, 7) is 8.03. The molecule has 4 aliphatic heterocycles. The van der Waals surface area contributed by atoms with Gasteiger partial charge in [-0.1, -0.05) is 72.7 Å². The number of anilines is 3. The smallest absolute Gasteiger partial charge is 0.426 e. The van der Waals surface area contributed by atoms with Crippen LogP contribution in [0.25, 0.3) is 22.1 Å². The minimum Gasteiger partial charge on any atom is -0.496 e. The van der Waals surface area contributed by atoms with Gasteiger partial charge in [0.15, 0.2) is 16.8 Å². The third-order valence-electron chi connectivity index (χ3n) is 19.8. The van der Waals surface area contributed by atoms with Crippen molar-refractivity contribution in [2.75, 3.05) is 81.5 Å². The SMILES string of the molecule is CCC(O)(CC)C[C@H]1CNCCc2c([nH]c3ccccc23)[C@@](C(=O)OC)(c2cc3c(cc2OC)N(C)[C@H]2[C@@](O)(C(=O)NNC(=O)OCCSSC[C@H](NC(=O)c4ccc(NCc5cnc6nc(N)[nH]c(=O)c6n5)cc4)C(=O)O)[C@H](O)[C@]4(CC)C=CCN5CC[C@]32[C@@H]54)C1. The van der Waals surface area contributed by atoms with Crippen LogP contribution in [0.1, 0.15) is 97.7 Å². The van der Waals surface area contributed by atoms with Gasteiger partial charge in [0.25, 0.3) is 17.4 Å². The van der Waals surface area contributed by atoms with E-state index in [-0.39, 0.29) is 59.7 Å². The summed E-state index contributed by atoms with van der Waals surface area (Å²) in [6.07, 6.45) is 5.44. The van der Waals surface area contributed by atoms with Crippen LogP contribution in [0.15, 0.2) is 83.8 Å². The molecule has 0 unspecified atom stereocenters.